The summed E-state index contributed by atoms with van der Waals surface area (Å²) in [7, 11) is -1.60. The summed E-state index contributed by atoms with van der Waals surface area (Å²) in [6.07, 6.45) is 11.6. The van der Waals surface area contributed by atoms with Gasteiger partial charge in [-0.15, -0.1) is 4.36 Å². The summed E-state index contributed by atoms with van der Waals surface area (Å²) in [5.41, 5.74) is 3.63. The van der Waals surface area contributed by atoms with Crippen molar-refractivity contribution in [2.24, 2.45) is 22.1 Å². The van der Waals surface area contributed by atoms with E-state index in [1.54, 1.807) is 13.2 Å². The van der Waals surface area contributed by atoms with Gasteiger partial charge in [0.05, 0.1) is 24.2 Å². The third kappa shape index (κ3) is 6.17. The summed E-state index contributed by atoms with van der Waals surface area (Å²) >= 11 is 6.52. The molecular weight excluding hydrogens is 636 g/mol. The molecule has 9 nitrogen and oxygen atoms in total. The number of halogens is 1. The van der Waals surface area contributed by atoms with Crippen LogP contribution in [0.5, 0.6) is 5.75 Å². The first-order chi connectivity index (χ1) is 22.7. The molecule has 2 aliphatic heterocycles. The SMILES string of the molecule is CO[C@H]1/C=C/CCC[S@@](=O)(NC(=O)NC2CC2)=NC(=O)c2ccc3c(c2)N(C[C@@H]2CC[C@H]21)C[C@]1(CO3)C[C@@H]2CC2c2cc(Cl)ccc21. The first-order valence-corrected chi connectivity index (χ1v) is 19.2. The van der Waals surface area contributed by atoms with E-state index in [-0.39, 0.29) is 23.3 Å². The van der Waals surface area contributed by atoms with Gasteiger partial charge in [0.25, 0.3) is 5.91 Å². The van der Waals surface area contributed by atoms with Crippen molar-refractivity contribution in [3.63, 3.8) is 0 Å². The highest BCUT2D eigenvalue weighted by atomic mass is 35.5. The third-order valence-corrected chi connectivity index (χ3v) is 13.3. The van der Waals surface area contributed by atoms with E-state index in [4.69, 9.17) is 21.1 Å². The molecule has 250 valence electrons. The molecule has 2 heterocycles. The van der Waals surface area contributed by atoms with Crippen LogP contribution in [0.3, 0.4) is 0 Å². The molecule has 2 aromatic carbocycles. The van der Waals surface area contributed by atoms with E-state index in [1.165, 1.54) is 17.5 Å². The smallest absolute Gasteiger partial charge is 0.327 e. The van der Waals surface area contributed by atoms with Gasteiger partial charge < -0.3 is 19.7 Å². The van der Waals surface area contributed by atoms with Gasteiger partial charge in [-0.2, -0.15) is 0 Å². The fraction of sp³-hybridized carbons (Fsp3) is 0.556. The van der Waals surface area contributed by atoms with Gasteiger partial charge in [-0.1, -0.05) is 29.8 Å². The highest BCUT2D eigenvalue weighted by molar-refractivity contribution is 7.92. The van der Waals surface area contributed by atoms with Crippen LogP contribution >= 0.6 is 11.6 Å². The molecular formula is C36H43ClN4O5S. The number of anilines is 1. The minimum atomic E-state index is -3.37. The number of amides is 3. The molecule has 3 amide bonds. The third-order valence-electron chi connectivity index (χ3n) is 11.2. The first-order valence-electron chi connectivity index (χ1n) is 17.1. The van der Waals surface area contributed by atoms with Gasteiger partial charge in [-0.25, -0.2) is 9.00 Å². The second-order valence-corrected chi connectivity index (χ2v) is 17.0. The standard InChI is InChI=1S/C36H43ClN4O5S/c1-45-32-5-3-2-4-14-47(44,40-35(43)38-26-9-10-26)39-34(42)22-7-13-33-31(16-22)41(19-23-6-11-27(23)32)20-36(21-46-33)18-24-15-28(24)29-17-25(37)8-12-30(29)36/h3,5,7-8,12-13,16-17,23-24,26-28,32H,2,4,6,9-11,14-15,18-21H2,1H3,(H2,38,39,40,42,43,44)/b5-3+/t23-,24-,27+,28?,32-,36-,47-/m0/s1. The average Bonchev–Trinajstić information content (AvgIpc) is 3.96. The lowest BCUT2D eigenvalue weighted by Crippen LogP contribution is -2.49. The summed E-state index contributed by atoms with van der Waals surface area (Å²) in [5, 5.41) is 3.59. The van der Waals surface area contributed by atoms with Crippen molar-refractivity contribution < 1.29 is 23.3 Å². The van der Waals surface area contributed by atoms with E-state index in [2.05, 4.69) is 43.6 Å². The van der Waals surface area contributed by atoms with Gasteiger partial charge in [0.1, 0.15) is 15.7 Å². The average molecular weight is 679 g/mol. The van der Waals surface area contributed by atoms with Crippen molar-refractivity contribution in [1.29, 1.82) is 0 Å². The van der Waals surface area contributed by atoms with Crippen LogP contribution in [0.4, 0.5) is 10.5 Å². The molecule has 1 spiro atoms. The Morgan fingerprint density at radius 1 is 1.15 bits per heavy atom. The Bertz CT molecular complexity index is 1750. The lowest BCUT2D eigenvalue weighted by Gasteiger charge is -2.46. The van der Waals surface area contributed by atoms with Gasteiger partial charge in [-0.3, -0.25) is 9.52 Å². The van der Waals surface area contributed by atoms with Gasteiger partial charge in [0.2, 0.25) is 0 Å². The molecule has 1 unspecified atom stereocenters. The zero-order chi connectivity index (χ0) is 32.3. The van der Waals surface area contributed by atoms with Crippen molar-refractivity contribution in [3.05, 3.63) is 70.3 Å². The van der Waals surface area contributed by atoms with Crippen LogP contribution in [-0.2, 0) is 20.1 Å². The van der Waals surface area contributed by atoms with E-state index in [9.17, 15) is 13.8 Å². The molecule has 8 rings (SSSR count). The summed E-state index contributed by atoms with van der Waals surface area (Å²) in [5.74, 6) is 2.16. The molecule has 4 aliphatic carbocycles. The maximum absolute atomic E-state index is 14.0. The number of urea groups is 1. The number of ether oxygens (including phenoxy) is 2. The van der Waals surface area contributed by atoms with Gasteiger partial charge in [0.15, 0.2) is 0 Å². The number of nitrogens with zero attached hydrogens (tertiary/aromatic N) is 2. The predicted molar refractivity (Wildman–Crippen MR) is 183 cm³/mol. The van der Waals surface area contributed by atoms with Crippen LogP contribution in [-0.4, -0.2) is 60.9 Å². The van der Waals surface area contributed by atoms with E-state index in [0.29, 0.717) is 48.7 Å². The van der Waals surface area contributed by atoms with E-state index < -0.39 is 21.9 Å². The van der Waals surface area contributed by atoms with E-state index in [0.717, 1.165) is 61.7 Å². The Hall–Kier alpha value is -3.08. The van der Waals surface area contributed by atoms with Crippen molar-refractivity contribution >= 4 is 39.1 Å². The summed E-state index contributed by atoms with van der Waals surface area (Å²) in [6, 6.07) is 11.3. The summed E-state index contributed by atoms with van der Waals surface area (Å²) < 4.78 is 33.5. The fourth-order valence-electron chi connectivity index (χ4n) is 8.42. The number of rotatable bonds is 3. The Balaban J connectivity index is 1.19. The summed E-state index contributed by atoms with van der Waals surface area (Å²) in [6.45, 7) is 2.10. The monoisotopic (exact) mass is 678 g/mol. The number of fused-ring (bicyclic) bond motifs is 6. The molecule has 3 saturated carbocycles. The second kappa shape index (κ2) is 12.1. The number of benzene rings is 2. The zero-order valence-electron chi connectivity index (χ0n) is 26.8. The molecule has 0 saturated heterocycles. The highest BCUT2D eigenvalue weighted by Crippen LogP contribution is 2.61. The molecule has 0 radical (unpaired) electrons. The molecule has 11 heteroatoms. The maximum atomic E-state index is 14.0. The van der Waals surface area contributed by atoms with Gasteiger partial charge in [-0.05, 0) is 116 Å². The highest BCUT2D eigenvalue weighted by Gasteiger charge is 2.54. The first kappa shape index (κ1) is 31.2. The van der Waals surface area contributed by atoms with Crippen molar-refractivity contribution in [2.75, 3.05) is 37.5 Å². The predicted octanol–water partition coefficient (Wildman–Crippen LogP) is 6.36. The molecule has 3 fully saturated rings. The van der Waals surface area contributed by atoms with Crippen molar-refractivity contribution in [3.8, 4) is 5.75 Å². The van der Waals surface area contributed by atoms with Crippen LogP contribution in [0.1, 0.15) is 78.8 Å². The Kier molecular flexibility index (Phi) is 8.04. The van der Waals surface area contributed by atoms with Crippen LogP contribution in [0, 0.1) is 17.8 Å². The second-order valence-electron chi connectivity index (χ2n) is 14.5. The minimum Gasteiger partial charge on any atom is -0.490 e. The lowest BCUT2D eigenvalue weighted by molar-refractivity contribution is 0.0131. The van der Waals surface area contributed by atoms with E-state index >= 15 is 0 Å². The lowest BCUT2D eigenvalue weighted by atomic mass is 9.68. The molecule has 2 bridgehead atoms. The number of methoxy groups -OCH3 is 1. The molecule has 2 N–H and O–H groups in total. The van der Waals surface area contributed by atoms with Crippen LogP contribution < -0.4 is 19.7 Å². The quantitative estimate of drug-likeness (QED) is 0.366. The number of hydrogen-bond acceptors (Lipinski definition) is 6. The Morgan fingerprint density at radius 2 is 2.02 bits per heavy atom. The topological polar surface area (TPSA) is 109 Å². The normalized spacial score (nSPS) is 35.1. The van der Waals surface area contributed by atoms with Crippen molar-refractivity contribution in [1.82, 2.24) is 10.0 Å². The molecule has 0 aromatic heterocycles. The van der Waals surface area contributed by atoms with E-state index in [1.807, 2.05) is 18.2 Å². The zero-order valence-corrected chi connectivity index (χ0v) is 28.4. The Morgan fingerprint density at radius 3 is 2.81 bits per heavy atom. The minimum absolute atomic E-state index is 0.0208. The largest absolute Gasteiger partial charge is 0.490 e. The molecule has 47 heavy (non-hydrogen) atoms. The number of allylic oxidation sites excluding steroid dienone is 1. The molecule has 2 aromatic rings. The van der Waals surface area contributed by atoms with Crippen molar-refractivity contribution in [2.45, 2.75) is 74.8 Å². The molecule has 6 aliphatic rings. The number of carbonyl (C=O) groups is 2. The maximum Gasteiger partial charge on any atom is 0.327 e. The fourth-order valence-corrected chi connectivity index (χ4v) is 10.1. The molecule has 7 atom stereocenters. The number of carbonyl (C=O) groups excluding carboxylic acids is 2. The Labute approximate surface area is 282 Å². The number of nitrogens with one attached hydrogen (secondary N) is 2. The van der Waals surface area contributed by atoms with Gasteiger partial charge >= 0.3 is 6.03 Å². The van der Waals surface area contributed by atoms with Crippen LogP contribution in [0.25, 0.3) is 0 Å². The van der Waals surface area contributed by atoms with Crippen LogP contribution in [0.2, 0.25) is 5.02 Å². The van der Waals surface area contributed by atoms with Gasteiger partial charge in [0, 0.05) is 42.2 Å². The number of hydrogen-bond donors (Lipinski definition) is 2. The van der Waals surface area contributed by atoms with Crippen LogP contribution in [0.15, 0.2) is 52.9 Å². The summed E-state index contributed by atoms with van der Waals surface area (Å²) in [4.78, 5) is 28.9.